The minimum atomic E-state index is -0.721. The van der Waals surface area contributed by atoms with Crippen molar-refractivity contribution in [1.29, 1.82) is 0 Å². The second kappa shape index (κ2) is 7.61. The molecule has 0 fully saturated rings. The van der Waals surface area contributed by atoms with E-state index in [2.05, 4.69) is 4.98 Å². The number of carbonyl (C=O) groups is 3. The van der Waals surface area contributed by atoms with Crippen molar-refractivity contribution in [3.05, 3.63) is 88.7 Å². The average molecular weight is 359 g/mol. The molecule has 0 saturated carbocycles. The fourth-order valence-corrected chi connectivity index (χ4v) is 2.85. The molecule has 0 aliphatic heterocycles. The highest BCUT2D eigenvalue weighted by molar-refractivity contribution is 5.96. The molecule has 0 saturated heterocycles. The number of aldehydes is 1. The standard InChI is InChI=1S/C21H17N3O3/c22-20(26)18-8-7-17(19(24-18)21(23)27)10-13-3-1-5-15(9-13)16-6-2-4-14(11-16)12-25/h1-9,11-12H,10H2,(H2,22,26)(H2,23,27). The van der Waals surface area contributed by atoms with E-state index in [1.54, 1.807) is 12.1 Å². The van der Waals surface area contributed by atoms with E-state index in [9.17, 15) is 14.4 Å². The number of amides is 2. The lowest BCUT2D eigenvalue weighted by Crippen LogP contribution is -2.20. The van der Waals surface area contributed by atoms with Crippen molar-refractivity contribution >= 4 is 18.1 Å². The van der Waals surface area contributed by atoms with Crippen molar-refractivity contribution < 1.29 is 14.4 Å². The zero-order valence-electron chi connectivity index (χ0n) is 14.4. The molecule has 0 bridgehead atoms. The van der Waals surface area contributed by atoms with Crippen LogP contribution in [0.1, 0.15) is 42.5 Å². The molecule has 4 N–H and O–H groups in total. The van der Waals surface area contributed by atoms with Gasteiger partial charge >= 0.3 is 0 Å². The Kier molecular flexibility index (Phi) is 5.08. The topological polar surface area (TPSA) is 116 Å². The number of benzene rings is 2. The highest BCUT2D eigenvalue weighted by atomic mass is 16.2. The third-order valence-electron chi connectivity index (χ3n) is 4.14. The summed E-state index contributed by atoms with van der Waals surface area (Å²) in [7, 11) is 0. The Labute approximate surface area is 155 Å². The number of primary amides is 2. The van der Waals surface area contributed by atoms with E-state index in [1.165, 1.54) is 6.07 Å². The molecule has 2 aromatic carbocycles. The van der Waals surface area contributed by atoms with Gasteiger partial charge in [0.2, 0.25) is 0 Å². The Hall–Kier alpha value is -3.80. The Bertz CT molecular complexity index is 1040. The number of nitrogens with two attached hydrogens (primary N) is 2. The van der Waals surface area contributed by atoms with Crippen LogP contribution in [0.25, 0.3) is 11.1 Å². The molecule has 27 heavy (non-hydrogen) atoms. The fraction of sp³-hybridized carbons (Fsp3) is 0.0476. The van der Waals surface area contributed by atoms with Gasteiger partial charge in [0.25, 0.3) is 11.8 Å². The Balaban J connectivity index is 1.96. The molecule has 0 aliphatic rings. The number of pyridine rings is 1. The van der Waals surface area contributed by atoms with Gasteiger partial charge in [-0.1, -0.05) is 48.5 Å². The number of carbonyl (C=O) groups excluding carboxylic acids is 3. The lowest BCUT2D eigenvalue weighted by Gasteiger charge is -2.09. The first-order valence-corrected chi connectivity index (χ1v) is 8.22. The van der Waals surface area contributed by atoms with E-state index in [4.69, 9.17) is 11.5 Å². The van der Waals surface area contributed by atoms with Gasteiger partial charge in [-0.05, 0) is 40.8 Å². The predicted molar refractivity (Wildman–Crippen MR) is 101 cm³/mol. The van der Waals surface area contributed by atoms with Crippen LogP contribution in [0, 0.1) is 0 Å². The SMILES string of the molecule is NC(=O)c1ccc(Cc2cccc(-c3cccc(C=O)c3)c2)c(C(N)=O)n1. The smallest absolute Gasteiger partial charge is 0.267 e. The molecule has 1 heterocycles. The third kappa shape index (κ3) is 4.07. The number of hydrogen-bond acceptors (Lipinski definition) is 4. The summed E-state index contributed by atoms with van der Waals surface area (Å²) in [4.78, 5) is 38.0. The Morgan fingerprint density at radius 1 is 0.889 bits per heavy atom. The summed E-state index contributed by atoms with van der Waals surface area (Å²) in [5.74, 6) is -1.44. The van der Waals surface area contributed by atoms with Gasteiger partial charge in [-0.2, -0.15) is 0 Å². The molecule has 3 aromatic rings. The van der Waals surface area contributed by atoms with Gasteiger partial charge in [0, 0.05) is 5.56 Å². The van der Waals surface area contributed by atoms with Gasteiger partial charge in [-0.15, -0.1) is 0 Å². The summed E-state index contributed by atoms with van der Waals surface area (Å²) in [5.41, 5.74) is 14.6. The van der Waals surface area contributed by atoms with E-state index in [-0.39, 0.29) is 11.4 Å². The fourth-order valence-electron chi connectivity index (χ4n) is 2.85. The van der Waals surface area contributed by atoms with Crippen molar-refractivity contribution in [2.45, 2.75) is 6.42 Å². The molecule has 0 unspecified atom stereocenters. The van der Waals surface area contributed by atoms with Gasteiger partial charge in [0.15, 0.2) is 0 Å². The molecule has 1 aromatic heterocycles. The third-order valence-corrected chi connectivity index (χ3v) is 4.14. The zero-order chi connectivity index (χ0) is 19.4. The van der Waals surface area contributed by atoms with E-state index < -0.39 is 11.8 Å². The average Bonchev–Trinajstić information content (AvgIpc) is 2.68. The predicted octanol–water partition coefficient (Wildman–Crippen LogP) is 2.35. The first kappa shape index (κ1) is 18.0. The van der Waals surface area contributed by atoms with Crippen LogP contribution >= 0.6 is 0 Å². The Morgan fingerprint density at radius 2 is 1.59 bits per heavy atom. The van der Waals surface area contributed by atoms with Crippen LogP contribution in [0.15, 0.2) is 60.7 Å². The molecule has 0 spiro atoms. The first-order chi connectivity index (χ1) is 13.0. The van der Waals surface area contributed by atoms with Crippen LogP contribution in [-0.2, 0) is 6.42 Å². The molecular formula is C21H17N3O3. The molecule has 0 aliphatic carbocycles. The zero-order valence-corrected chi connectivity index (χ0v) is 14.4. The summed E-state index contributed by atoms with van der Waals surface area (Å²) in [6.45, 7) is 0. The summed E-state index contributed by atoms with van der Waals surface area (Å²) in [6, 6.07) is 18.1. The number of aromatic nitrogens is 1. The molecule has 3 rings (SSSR count). The van der Waals surface area contributed by atoms with Crippen LogP contribution in [-0.4, -0.2) is 23.1 Å². The second-order valence-corrected chi connectivity index (χ2v) is 6.05. The second-order valence-electron chi connectivity index (χ2n) is 6.05. The van der Waals surface area contributed by atoms with E-state index in [1.807, 2.05) is 42.5 Å². The lowest BCUT2D eigenvalue weighted by atomic mass is 9.97. The highest BCUT2D eigenvalue weighted by Crippen LogP contribution is 2.23. The van der Waals surface area contributed by atoms with Gasteiger partial charge < -0.3 is 11.5 Å². The summed E-state index contributed by atoms with van der Waals surface area (Å²) in [6.07, 6.45) is 1.21. The quantitative estimate of drug-likeness (QED) is 0.657. The monoisotopic (exact) mass is 359 g/mol. The van der Waals surface area contributed by atoms with Crippen molar-refractivity contribution in [3.63, 3.8) is 0 Å². The van der Waals surface area contributed by atoms with Gasteiger partial charge in [-0.25, -0.2) is 4.98 Å². The van der Waals surface area contributed by atoms with Crippen LogP contribution in [0.4, 0.5) is 0 Å². The largest absolute Gasteiger partial charge is 0.364 e. The minimum Gasteiger partial charge on any atom is -0.364 e. The summed E-state index contributed by atoms with van der Waals surface area (Å²) >= 11 is 0. The van der Waals surface area contributed by atoms with Crippen LogP contribution in [0.2, 0.25) is 0 Å². The Morgan fingerprint density at radius 3 is 2.26 bits per heavy atom. The number of hydrogen-bond donors (Lipinski definition) is 2. The van der Waals surface area contributed by atoms with Crippen molar-refractivity contribution in [2.24, 2.45) is 11.5 Å². The van der Waals surface area contributed by atoms with E-state index >= 15 is 0 Å². The lowest BCUT2D eigenvalue weighted by molar-refractivity contribution is 0.0990. The molecular weight excluding hydrogens is 342 g/mol. The van der Waals surface area contributed by atoms with Gasteiger partial charge in [-0.3, -0.25) is 14.4 Å². The molecule has 2 amide bonds. The molecule has 6 heteroatoms. The van der Waals surface area contributed by atoms with Gasteiger partial charge in [0.1, 0.15) is 17.7 Å². The summed E-state index contributed by atoms with van der Waals surface area (Å²) < 4.78 is 0. The van der Waals surface area contributed by atoms with Crippen molar-refractivity contribution in [1.82, 2.24) is 4.98 Å². The van der Waals surface area contributed by atoms with E-state index in [0.717, 1.165) is 23.0 Å². The van der Waals surface area contributed by atoms with Crippen LogP contribution < -0.4 is 11.5 Å². The maximum Gasteiger partial charge on any atom is 0.267 e. The maximum absolute atomic E-state index is 11.7. The number of rotatable bonds is 6. The molecule has 0 radical (unpaired) electrons. The maximum atomic E-state index is 11.7. The minimum absolute atomic E-state index is 0.00743. The number of nitrogens with zero attached hydrogens (tertiary/aromatic N) is 1. The normalized spacial score (nSPS) is 10.4. The van der Waals surface area contributed by atoms with Crippen LogP contribution in [0.5, 0.6) is 0 Å². The first-order valence-electron chi connectivity index (χ1n) is 8.22. The van der Waals surface area contributed by atoms with Gasteiger partial charge in [0.05, 0.1) is 0 Å². The van der Waals surface area contributed by atoms with E-state index in [0.29, 0.717) is 17.5 Å². The van der Waals surface area contributed by atoms with Crippen molar-refractivity contribution in [3.8, 4) is 11.1 Å². The summed E-state index contributed by atoms with van der Waals surface area (Å²) in [5, 5.41) is 0. The molecule has 134 valence electrons. The highest BCUT2D eigenvalue weighted by Gasteiger charge is 2.14. The molecule has 6 nitrogen and oxygen atoms in total. The van der Waals surface area contributed by atoms with Crippen molar-refractivity contribution in [2.75, 3.05) is 0 Å². The van der Waals surface area contributed by atoms with Crippen LogP contribution in [0.3, 0.4) is 0 Å². The molecule has 0 atom stereocenters.